The molecule has 3 aromatic rings. The van der Waals surface area contributed by atoms with Crippen LogP contribution in [0.2, 0.25) is 5.02 Å². The Hall–Kier alpha value is -3.37. The van der Waals surface area contributed by atoms with Crippen molar-refractivity contribution < 1.29 is 31.1 Å². The molecule has 0 bridgehead atoms. The average molecular weight is 530 g/mol. The smallest absolute Gasteiger partial charge is 0.406 e. The van der Waals surface area contributed by atoms with Gasteiger partial charge in [-0.05, 0) is 42.5 Å². The van der Waals surface area contributed by atoms with E-state index in [0.717, 1.165) is 35.3 Å². The number of carbonyl (C=O) groups is 1. The molecule has 0 aliphatic rings. The quantitative estimate of drug-likeness (QED) is 0.474. The predicted molar refractivity (Wildman–Crippen MR) is 120 cm³/mol. The van der Waals surface area contributed by atoms with Crippen molar-refractivity contribution in [3.63, 3.8) is 0 Å². The number of ether oxygens (including phenoxy) is 1. The molecule has 0 radical (unpaired) electrons. The summed E-state index contributed by atoms with van der Waals surface area (Å²) >= 11 is 5.97. The Labute approximate surface area is 203 Å². The van der Waals surface area contributed by atoms with E-state index in [1.54, 1.807) is 18.2 Å². The Morgan fingerprint density at radius 2 is 1.83 bits per heavy atom. The molecule has 0 saturated carbocycles. The van der Waals surface area contributed by atoms with Gasteiger partial charge >= 0.3 is 6.36 Å². The van der Waals surface area contributed by atoms with Crippen molar-refractivity contribution in [3.8, 4) is 11.8 Å². The normalized spacial score (nSPS) is 14.7. The highest BCUT2D eigenvalue weighted by atomic mass is 35.5. The molecule has 2 aromatic carbocycles. The number of amides is 1. The van der Waals surface area contributed by atoms with Gasteiger partial charge in [-0.15, -0.1) is 13.2 Å². The standard InChI is InChI=1S/C21H19ClF3N5O4S/c1-13(10-35(2,32)33)20(11-26,12-30-28-17-8-5-15(22)9-18(17)29-30)27-19(31)14-3-6-16(7-4-14)34-21(23,24)25/h3-9,13H,10,12H2,1-2H3,(H,27,31). The van der Waals surface area contributed by atoms with Crippen molar-refractivity contribution in [3.05, 3.63) is 53.1 Å². The summed E-state index contributed by atoms with van der Waals surface area (Å²) in [5, 5.41) is 21.6. The maximum Gasteiger partial charge on any atom is 0.573 e. The Morgan fingerprint density at radius 3 is 2.40 bits per heavy atom. The zero-order chi connectivity index (χ0) is 26.0. The predicted octanol–water partition coefficient (Wildman–Crippen LogP) is 3.36. The number of hydrogen-bond acceptors (Lipinski definition) is 7. The van der Waals surface area contributed by atoms with E-state index in [1.807, 2.05) is 6.07 Å². The molecule has 1 heterocycles. The maximum absolute atomic E-state index is 13.0. The van der Waals surface area contributed by atoms with Crippen LogP contribution in [0.1, 0.15) is 17.3 Å². The minimum absolute atomic E-state index is 0.0731. The van der Waals surface area contributed by atoms with Crippen LogP contribution in [0.5, 0.6) is 5.75 Å². The first-order valence-electron chi connectivity index (χ1n) is 9.97. The monoisotopic (exact) mass is 529 g/mol. The molecule has 1 aromatic heterocycles. The summed E-state index contributed by atoms with van der Waals surface area (Å²) in [6.07, 6.45) is -3.90. The van der Waals surface area contributed by atoms with E-state index in [-0.39, 0.29) is 12.1 Å². The number of sulfone groups is 1. The van der Waals surface area contributed by atoms with Crippen molar-refractivity contribution in [1.29, 1.82) is 5.26 Å². The van der Waals surface area contributed by atoms with Gasteiger partial charge in [0, 0.05) is 22.8 Å². The SMILES string of the molecule is CC(CS(C)(=O)=O)C(C#N)(Cn1nc2ccc(Cl)cc2n1)NC(=O)c1ccc(OC(F)(F)F)cc1. The molecule has 186 valence electrons. The Bertz CT molecular complexity index is 1390. The molecule has 0 aliphatic heterocycles. The van der Waals surface area contributed by atoms with Crippen molar-refractivity contribution in [2.24, 2.45) is 5.92 Å². The number of aromatic nitrogens is 3. The van der Waals surface area contributed by atoms with Crippen LogP contribution in [0.15, 0.2) is 42.5 Å². The summed E-state index contributed by atoms with van der Waals surface area (Å²) in [5.74, 6) is -2.70. The summed E-state index contributed by atoms with van der Waals surface area (Å²) in [7, 11) is -3.56. The fraction of sp³-hybridized carbons (Fsp3) is 0.333. The molecule has 9 nitrogen and oxygen atoms in total. The second kappa shape index (κ2) is 9.71. The Balaban J connectivity index is 1.94. The molecule has 0 saturated heterocycles. The second-order valence-electron chi connectivity index (χ2n) is 7.97. The minimum Gasteiger partial charge on any atom is -0.406 e. The lowest BCUT2D eigenvalue weighted by Crippen LogP contribution is -2.56. The summed E-state index contributed by atoms with van der Waals surface area (Å²) in [5.41, 5.74) is -0.980. The number of halogens is 4. The molecule has 0 spiro atoms. The van der Waals surface area contributed by atoms with E-state index in [4.69, 9.17) is 11.6 Å². The van der Waals surface area contributed by atoms with Gasteiger partial charge in [0.2, 0.25) is 0 Å². The fourth-order valence-electron chi connectivity index (χ4n) is 3.40. The number of rotatable bonds is 8. The van der Waals surface area contributed by atoms with Gasteiger partial charge in [-0.1, -0.05) is 18.5 Å². The van der Waals surface area contributed by atoms with Crippen molar-refractivity contribution in [2.45, 2.75) is 25.4 Å². The summed E-state index contributed by atoms with van der Waals surface area (Å²) in [4.78, 5) is 14.1. The third kappa shape index (κ3) is 6.83. The van der Waals surface area contributed by atoms with Crippen LogP contribution in [-0.2, 0) is 16.4 Å². The molecule has 3 rings (SSSR count). The first-order valence-corrected chi connectivity index (χ1v) is 12.4. The van der Waals surface area contributed by atoms with Crippen LogP contribution in [0.4, 0.5) is 13.2 Å². The molecular weight excluding hydrogens is 511 g/mol. The molecule has 0 aliphatic carbocycles. The van der Waals surface area contributed by atoms with Crippen LogP contribution >= 0.6 is 11.6 Å². The van der Waals surface area contributed by atoms with Gasteiger partial charge in [-0.3, -0.25) is 4.79 Å². The molecule has 2 atom stereocenters. The van der Waals surface area contributed by atoms with E-state index in [0.29, 0.717) is 16.1 Å². The van der Waals surface area contributed by atoms with Crippen LogP contribution in [0.25, 0.3) is 11.0 Å². The number of nitrogens with one attached hydrogen (secondary N) is 1. The highest BCUT2D eigenvalue weighted by Crippen LogP contribution is 2.25. The largest absolute Gasteiger partial charge is 0.573 e. The molecular formula is C21H19ClF3N5O4S. The number of nitriles is 1. The minimum atomic E-state index is -4.90. The highest BCUT2D eigenvalue weighted by molar-refractivity contribution is 7.90. The van der Waals surface area contributed by atoms with Crippen molar-refractivity contribution in [1.82, 2.24) is 20.3 Å². The first kappa shape index (κ1) is 26.2. The third-order valence-corrected chi connectivity index (χ3v) is 6.40. The zero-order valence-electron chi connectivity index (χ0n) is 18.4. The average Bonchev–Trinajstić information content (AvgIpc) is 3.12. The topological polar surface area (TPSA) is 127 Å². The van der Waals surface area contributed by atoms with Crippen molar-refractivity contribution >= 4 is 38.4 Å². The number of carbonyl (C=O) groups excluding carboxylic acids is 1. The third-order valence-electron chi connectivity index (χ3n) is 5.05. The lowest BCUT2D eigenvalue weighted by Gasteiger charge is -2.33. The molecule has 0 fully saturated rings. The molecule has 1 amide bonds. The van der Waals surface area contributed by atoms with Gasteiger partial charge in [-0.25, -0.2) is 8.42 Å². The van der Waals surface area contributed by atoms with E-state index in [9.17, 15) is 31.6 Å². The Morgan fingerprint density at radius 1 is 1.20 bits per heavy atom. The van der Waals surface area contributed by atoms with Gasteiger partial charge < -0.3 is 10.1 Å². The molecule has 35 heavy (non-hydrogen) atoms. The lowest BCUT2D eigenvalue weighted by atomic mass is 9.87. The fourth-order valence-corrected chi connectivity index (χ4v) is 4.76. The van der Waals surface area contributed by atoms with Crippen LogP contribution in [-0.4, -0.2) is 53.2 Å². The van der Waals surface area contributed by atoms with Crippen LogP contribution in [0.3, 0.4) is 0 Å². The van der Waals surface area contributed by atoms with Gasteiger partial charge in [0.15, 0.2) is 5.54 Å². The summed E-state index contributed by atoms with van der Waals surface area (Å²) < 4.78 is 64.9. The maximum atomic E-state index is 13.0. The van der Waals surface area contributed by atoms with E-state index < -0.39 is 45.1 Å². The lowest BCUT2D eigenvalue weighted by molar-refractivity contribution is -0.274. The van der Waals surface area contributed by atoms with Crippen LogP contribution < -0.4 is 10.1 Å². The van der Waals surface area contributed by atoms with Gasteiger partial charge in [-0.2, -0.15) is 20.3 Å². The van der Waals surface area contributed by atoms with Gasteiger partial charge in [0.1, 0.15) is 26.6 Å². The van der Waals surface area contributed by atoms with Crippen LogP contribution in [0, 0.1) is 17.2 Å². The second-order valence-corrected chi connectivity index (χ2v) is 10.6. The Kier molecular flexibility index (Phi) is 7.28. The molecule has 14 heteroatoms. The summed E-state index contributed by atoms with van der Waals surface area (Å²) in [6, 6.07) is 10.8. The number of fused-ring (bicyclic) bond motifs is 1. The zero-order valence-corrected chi connectivity index (χ0v) is 19.9. The number of alkyl halides is 3. The molecule has 2 unspecified atom stereocenters. The van der Waals surface area contributed by atoms with Gasteiger partial charge in [0.05, 0.1) is 18.4 Å². The van der Waals surface area contributed by atoms with E-state index >= 15 is 0 Å². The van der Waals surface area contributed by atoms with E-state index in [2.05, 4.69) is 20.3 Å². The first-order chi connectivity index (χ1) is 16.2. The number of hydrogen-bond donors (Lipinski definition) is 1. The van der Waals surface area contributed by atoms with Crippen molar-refractivity contribution in [2.75, 3.05) is 12.0 Å². The van der Waals surface area contributed by atoms with E-state index in [1.165, 1.54) is 6.92 Å². The number of benzene rings is 2. The highest BCUT2D eigenvalue weighted by Gasteiger charge is 2.41. The summed E-state index contributed by atoms with van der Waals surface area (Å²) in [6.45, 7) is 1.17. The van der Waals surface area contributed by atoms with Gasteiger partial charge in [0.25, 0.3) is 5.91 Å². The molecule has 1 N–H and O–H groups in total. The number of nitrogens with zero attached hydrogens (tertiary/aromatic N) is 4.